The smallest absolute Gasteiger partial charge is 0.421 e. The standard InChI is InChI=1S/C27H28N2O5/c1-6-14-28-22(30)16-20(23(28)31)27(18-10-8-7-9-11-18)19-15-17(2)12-13-21(19)29(24(27)32)25(33)34-26(3,4)5/h6-13,15,20H,1,14,16H2,2-5H3/t20-,27?/m1/s1. The zero-order valence-electron chi connectivity index (χ0n) is 19.8. The van der Waals surface area contributed by atoms with E-state index in [-0.39, 0.29) is 18.9 Å². The summed E-state index contributed by atoms with van der Waals surface area (Å²) in [6, 6.07) is 14.2. The molecule has 2 aromatic rings. The summed E-state index contributed by atoms with van der Waals surface area (Å²) in [5.74, 6) is -2.44. The van der Waals surface area contributed by atoms with E-state index in [0.29, 0.717) is 16.8 Å². The molecule has 0 bridgehead atoms. The van der Waals surface area contributed by atoms with E-state index < -0.39 is 34.8 Å². The predicted octanol–water partition coefficient (Wildman–Crippen LogP) is 4.12. The van der Waals surface area contributed by atoms with Gasteiger partial charge in [-0.25, -0.2) is 9.69 Å². The van der Waals surface area contributed by atoms with E-state index in [1.54, 1.807) is 57.2 Å². The van der Waals surface area contributed by atoms with Crippen LogP contribution in [0, 0.1) is 12.8 Å². The van der Waals surface area contributed by atoms with Crippen LogP contribution >= 0.6 is 0 Å². The minimum atomic E-state index is -1.55. The summed E-state index contributed by atoms with van der Waals surface area (Å²) in [4.78, 5) is 56.2. The Bertz CT molecular complexity index is 1200. The number of hydrogen-bond donors (Lipinski definition) is 0. The van der Waals surface area contributed by atoms with E-state index in [9.17, 15) is 19.2 Å². The first-order chi connectivity index (χ1) is 16.0. The number of fused-ring (bicyclic) bond motifs is 1. The normalized spacial score (nSPS) is 22.2. The van der Waals surface area contributed by atoms with Crippen LogP contribution in [0.5, 0.6) is 0 Å². The van der Waals surface area contributed by atoms with Gasteiger partial charge in [0.2, 0.25) is 11.8 Å². The lowest BCUT2D eigenvalue weighted by Crippen LogP contribution is -2.51. The Hall–Kier alpha value is -3.74. The number of likely N-dealkylation sites (tertiary alicyclic amines) is 1. The molecule has 176 valence electrons. The summed E-state index contributed by atoms with van der Waals surface area (Å²) in [7, 11) is 0. The maximum Gasteiger partial charge on any atom is 0.421 e. The predicted molar refractivity (Wildman–Crippen MR) is 127 cm³/mol. The van der Waals surface area contributed by atoms with Crippen LogP contribution in [0.3, 0.4) is 0 Å². The van der Waals surface area contributed by atoms with Crippen molar-refractivity contribution in [2.45, 2.75) is 45.1 Å². The Labute approximate surface area is 199 Å². The molecule has 0 radical (unpaired) electrons. The monoisotopic (exact) mass is 460 g/mol. The van der Waals surface area contributed by atoms with Crippen molar-refractivity contribution in [2.24, 2.45) is 5.92 Å². The molecule has 1 unspecified atom stereocenters. The number of imide groups is 2. The fraction of sp³-hybridized carbons (Fsp3) is 0.333. The number of amides is 4. The zero-order chi connectivity index (χ0) is 24.8. The van der Waals surface area contributed by atoms with Crippen molar-refractivity contribution in [3.05, 3.63) is 77.9 Å². The van der Waals surface area contributed by atoms with Crippen LogP contribution in [0.25, 0.3) is 0 Å². The zero-order valence-corrected chi connectivity index (χ0v) is 19.8. The summed E-state index contributed by atoms with van der Waals surface area (Å²) in [6.07, 6.45) is 0.512. The second-order valence-corrected chi connectivity index (χ2v) is 9.70. The summed E-state index contributed by atoms with van der Waals surface area (Å²) in [5.41, 5.74) is -0.109. The second-order valence-electron chi connectivity index (χ2n) is 9.70. The fourth-order valence-electron chi connectivity index (χ4n) is 4.91. The molecule has 4 rings (SSSR count). The van der Waals surface area contributed by atoms with Gasteiger partial charge in [-0.1, -0.05) is 54.1 Å². The summed E-state index contributed by atoms with van der Waals surface area (Å²) < 4.78 is 5.57. The first kappa shape index (κ1) is 23.4. The third-order valence-corrected chi connectivity index (χ3v) is 6.24. The molecule has 7 nitrogen and oxygen atoms in total. The molecule has 2 atom stereocenters. The van der Waals surface area contributed by atoms with Gasteiger partial charge in [-0.05, 0) is 44.9 Å². The quantitative estimate of drug-likeness (QED) is 0.506. The molecule has 2 aliphatic rings. The highest BCUT2D eigenvalue weighted by Crippen LogP contribution is 2.54. The van der Waals surface area contributed by atoms with Crippen molar-refractivity contribution in [2.75, 3.05) is 11.4 Å². The van der Waals surface area contributed by atoms with Crippen LogP contribution in [-0.2, 0) is 24.5 Å². The van der Waals surface area contributed by atoms with Gasteiger partial charge in [-0.15, -0.1) is 6.58 Å². The number of nitrogens with zero attached hydrogens (tertiary/aromatic N) is 2. The molecule has 2 heterocycles. The van der Waals surface area contributed by atoms with Crippen LogP contribution in [0.2, 0.25) is 0 Å². The van der Waals surface area contributed by atoms with Gasteiger partial charge in [0.15, 0.2) is 0 Å². The highest BCUT2D eigenvalue weighted by Gasteiger charge is 2.63. The molecule has 7 heteroatoms. The van der Waals surface area contributed by atoms with Gasteiger partial charge in [-0.2, -0.15) is 0 Å². The number of ether oxygens (including phenoxy) is 1. The molecule has 34 heavy (non-hydrogen) atoms. The lowest BCUT2D eigenvalue weighted by Gasteiger charge is -2.34. The number of carbonyl (C=O) groups is 4. The first-order valence-electron chi connectivity index (χ1n) is 11.2. The van der Waals surface area contributed by atoms with Gasteiger partial charge in [0.25, 0.3) is 5.91 Å². The Balaban J connectivity index is 1.99. The van der Waals surface area contributed by atoms with E-state index in [1.165, 1.54) is 6.08 Å². The van der Waals surface area contributed by atoms with Gasteiger partial charge in [-0.3, -0.25) is 19.3 Å². The molecule has 0 aromatic heterocycles. The Kier molecular flexibility index (Phi) is 5.67. The van der Waals surface area contributed by atoms with E-state index in [1.807, 2.05) is 19.1 Å². The largest absolute Gasteiger partial charge is 0.443 e. The SMILES string of the molecule is C=CCN1C(=O)C[C@@H](C2(c3ccccc3)C(=O)N(C(=O)OC(C)(C)C)c3ccc(C)cc32)C1=O. The van der Waals surface area contributed by atoms with E-state index in [2.05, 4.69) is 6.58 Å². The molecule has 0 N–H and O–H groups in total. The van der Waals surface area contributed by atoms with Gasteiger partial charge < -0.3 is 4.74 Å². The summed E-state index contributed by atoms with van der Waals surface area (Å²) in [5, 5.41) is 0. The fourth-order valence-corrected chi connectivity index (χ4v) is 4.91. The van der Waals surface area contributed by atoms with Gasteiger partial charge >= 0.3 is 6.09 Å². The highest BCUT2D eigenvalue weighted by molar-refractivity contribution is 6.25. The van der Waals surface area contributed by atoms with Crippen LogP contribution in [0.4, 0.5) is 10.5 Å². The molecule has 0 spiro atoms. The molecular formula is C27H28N2O5. The minimum Gasteiger partial charge on any atom is -0.443 e. The number of aryl methyl sites for hydroxylation is 1. The lowest BCUT2D eigenvalue weighted by atomic mass is 9.65. The van der Waals surface area contributed by atoms with Gasteiger partial charge in [0.1, 0.15) is 11.0 Å². The maximum absolute atomic E-state index is 14.4. The third-order valence-electron chi connectivity index (χ3n) is 6.24. The van der Waals surface area contributed by atoms with Crippen molar-refractivity contribution in [3.8, 4) is 0 Å². The van der Waals surface area contributed by atoms with Crippen molar-refractivity contribution in [1.29, 1.82) is 0 Å². The topological polar surface area (TPSA) is 84.0 Å². The first-order valence-corrected chi connectivity index (χ1v) is 11.2. The molecule has 4 amide bonds. The van der Waals surface area contributed by atoms with Crippen molar-refractivity contribution < 1.29 is 23.9 Å². The van der Waals surface area contributed by atoms with Crippen LogP contribution in [0.15, 0.2) is 61.2 Å². The lowest BCUT2D eigenvalue weighted by molar-refractivity contribution is -0.140. The van der Waals surface area contributed by atoms with Gasteiger partial charge in [0.05, 0.1) is 11.6 Å². The molecular weight excluding hydrogens is 432 g/mol. The third kappa shape index (κ3) is 3.52. The average Bonchev–Trinajstić information content (AvgIpc) is 3.18. The second kappa shape index (κ2) is 8.24. The summed E-state index contributed by atoms with van der Waals surface area (Å²) >= 11 is 0. The van der Waals surface area contributed by atoms with E-state index in [4.69, 9.17) is 4.74 Å². The highest BCUT2D eigenvalue weighted by atomic mass is 16.6. The number of benzene rings is 2. The van der Waals surface area contributed by atoms with Crippen LogP contribution < -0.4 is 4.90 Å². The van der Waals surface area contributed by atoms with Crippen LogP contribution in [-0.4, -0.2) is 40.9 Å². The van der Waals surface area contributed by atoms with Crippen molar-refractivity contribution in [3.63, 3.8) is 0 Å². The van der Waals surface area contributed by atoms with Crippen LogP contribution in [0.1, 0.15) is 43.9 Å². The molecule has 0 aliphatic carbocycles. The van der Waals surface area contributed by atoms with Gasteiger partial charge in [0, 0.05) is 13.0 Å². The Morgan fingerprint density at radius 2 is 1.82 bits per heavy atom. The van der Waals surface area contributed by atoms with E-state index in [0.717, 1.165) is 15.4 Å². The number of anilines is 1. The number of rotatable bonds is 4. The average molecular weight is 461 g/mol. The molecule has 1 fully saturated rings. The minimum absolute atomic E-state index is 0.0592. The van der Waals surface area contributed by atoms with Crippen molar-refractivity contribution in [1.82, 2.24) is 4.90 Å². The molecule has 2 aliphatic heterocycles. The number of carbonyl (C=O) groups excluding carboxylic acids is 4. The maximum atomic E-state index is 14.4. The number of hydrogen-bond acceptors (Lipinski definition) is 5. The summed E-state index contributed by atoms with van der Waals surface area (Å²) in [6.45, 7) is 10.7. The van der Waals surface area contributed by atoms with E-state index >= 15 is 0 Å². The molecule has 1 saturated heterocycles. The Morgan fingerprint density at radius 3 is 2.44 bits per heavy atom. The molecule has 0 saturated carbocycles. The van der Waals surface area contributed by atoms with Crippen molar-refractivity contribution >= 4 is 29.5 Å². The Morgan fingerprint density at radius 1 is 1.15 bits per heavy atom. The molecule has 2 aromatic carbocycles.